The Labute approximate surface area is 121 Å². The van der Waals surface area contributed by atoms with Crippen LogP contribution in [0, 0.1) is 11.7 Å². The van der Waals surface area contributed by atoms with Crippen molar-refractivity contribution in [1.82, 2.24) is 10.2 Å². The molecule has 0 radical (unpaired) electrons. The third kappa shape index (κ3) is 4.18. The molecule has 0 saturated carbocycles. The van der Waals surface area contributed by atoms with Crippen molar-refractivity contribution >= 4 is 0 Å². The first-order valence-electron chi connectivity index (χ1n) is 7.36. The van der Waals surface area contributed by atoms with Gasteiger partial charge in [-0.15, -0.1) is 0 Å². The van der Waals surface area contributed by atoms with Crippen LogP contribution in [0.5, 0.6) is 5.75 Å². The fourth-order valence-electron chi connectivity index (χ4n) is 2.47. The summed E-state index contributed by atoms with van der Waals surface area (Å²) in [4.78, 5) is 2.02. The van der Waals surface area contributed by atoms with Gasteiger partial charge in [0.05, 0.1) is 0 Å². The summed E-state index contributed by atoms with van der Waals surface area (Å²) in [6, 6.07) is 5.54. The molecule has 0 spiro atoms. The molecule has 20 heavy (non-hydrogen) atoms. The molecule has 1 saturated heterocycles. The normalized spacial score (nSPS) is 23.1. The van der Waals surface area contributed by atoms with E-state index in [1.54, 1.807) is 0 Å². The van der Waals surface area contributed by atoms with Gasteiger partial charge in [0.2, 0.25) is 0 Å². The topological polar surface area (TPSA) is 24.5 Å². The molecule has 0 aliphatic carbocycles. The van der Waals surface area contributed by atoms with Crippen molar-refractivity contribution < 1.29 is 9.13 Å². The molecule has 1 aromatic carbocycles. The number of nitrogens with one attached hydrogen (secondary N) is 1. The van der Waals surface area contributed by atoms with E-state index in [-0.39, 0.29) is 5.82 Å². The van der Waals surface area contributed by atoms with E-state index >= 15 is 0 Å². The number of rotatable bonds is 5. The predicted octanol–water partition coefficient (Wildman–Crippen LogP) is 2.83. The van der Waals surface area contributed by atoms with Crippen LogP contribution >= 0.6 is 0 Å². The van der Waals surface area contributed by atoms with Crippen molar-refractivity contribution in [2.45, 2.75) is 25.8 Å². The number of piperidine rings is 1. The number of likely N-dealkylation sites (N-methyl/N-ethyl adjacent to an activating group) is 1. The molecule has 0 unspecified atom stereocenters. The first-order chi connectivity index (χ1) is 9.56. The maximum absolute atomic E-state index is 13.8. The molecule has 1 aromatic rings. The van der Waals surface area contributed by atoms with Crippen molar-refractivity contribution in [3.63, 3.8) is 0 Å². The van der Waals surface area contributed by atoms with Crippen molar-refractivity contribution in [2.75, 3.05) is 33.8 Å². The fraction of sp³-hybridized carbons (Fsp3) is 0.625. The first-order valence-corrected chi connectivity index (χ1v) is 7.36. The molecule has 2 atom stereocenters. The molecule has 1 N–H and O–H groups in total. The van der Waals surface area contributed by atoms with E-state index in [0.717, 1.165) is 31.0 Å². The molecular weight excluding hydrogens is 255 g/mol. The second-order valence-electron chi connectivity index (χ2n) is 5.98. The van der Waals surface area contributed by atoms with Gasteiger partial charge >= 0.3 is 0 Å². The van der Waals surface area contributed by atoms with Gasteiger partial charge < -0.3 is 15.0 Å². The Morgan fingerprint density at radius 3 is 2.80 bits per heavy atom. The van der Waals surface area contributed by atoms with Gasteiger partial charge in [0.15, 0.2) is 11.6 Å². The van der Waals surface area contributed by atoms with E-state index in [1.165, 1.54) is 12.5 Å². The van der Waals surface area contributed by atoms with Crippen LogP contribution in [-0.4, -0.2) is 38.7 Å². The minimum absolute atomic E-state index is 0.281. The number of benzene rings is 1. The maximum atomic E-state index is 13.8. The van der Waals surface area contributed by atoms with Crippen LogP contribution in [0.4, 0.5) is 4.39 Å². The maximum Gasteiger partial charge on any atom is 0.165 e. The van der Waals surface area contributed by atoms with Crippen LogP contribution in [0.25, 0.3) is 0 Å². The van der Waals surface area contributed by atoms with E-state index < -0.39 is 0 Å². The molecule has 0 aromatic heterocycles. The molecule has 4 heteroatoms. The molecule has 112 valence electrons. The third-order valence-electron chi connectivity index (χ3n) is 3.81. The lowest BCUT2D eigenvalue weighted by molar-refractivity contribution is 0.251. The number of ether oxygens (including phenoxy) is 1. The van der Waals surface area contributed by atoms with Crippen LogP contribution in [0.15, 0.2) is 18.2 Å². The van der Waals surface area contributed by atoms with Crippen molar-refractivity contribution in [3.05, 3.63) is 29.6 Å². The zero-order chi connectivity index (χ0) is 14.5. The Morgan fingerprint density at radius 2 is 2.15 bits per heavy atom. The smallest absolute Gasteiger partial charge is 0.165 e. The summed E-state index contributed by atoms with van der Waals surface area (Å²) in [5.41, 5.74) is 1.12. The summed E-state index contributed by atoms with van der Waals surface area (Å²) in [5.74, 6) is 0.809. The summed E-state index contributed by atoms with van der Waals surface area (Å²) in [7, 11) is 3.95. The molecule has 0 amide bonds. The van der Waals surface area contributed by atoms with Gasteiger partial charge in [-0.1, -0.05) is 13.0 Å². The second kappa shape index (κ2) is 7.04. The van der Waals surface area contributed by atoms with E-state index in [4.69, 9.17) is 4.74 Å². The molecule has 1 heterocycles. The predicted molar refractivity (Wildman–Crippen MR) is 79.6 cm³/mol. The highest BCUT2D eigenvalue weighted by molar-refractivity contribution is 5.32. The molecule has 1 aliphatic heterocycles. The van der Waals surface area contributed by atoms with Gasteiger partial charge in [-0.25, -0.2) is 4.39 Å². The quantitative estimate of drug-likeness (QED) is 0.897. The van der Waals surface area contributed by atoms with Crippen LogP contribution in [-0.2, 0) is 0 Å². The average Bonchev–Trinajstić information content (AvgIpc) is 2.41. The highest BCUT2D eigenvalue weighted by atomic mass is 19.1. The van der Waals surface area contributed by atoms with E-state index in [0.29, 0.717) is 18.4 Å². The van der Waals surface area contributed by atoms with Gasteiger partial charge in [-0.2, -0.15) is 0 Å². The van der Waals surface area contributed by atoms with E-state index in [1.807, 2.05) is 31.1 Å². The Kier molecular flexibility index (Phi) is 5.38. The molecule has 3 nitrogen and oxygen atoms in total. The summed E-state index contributed by atoms with van der Waals surface area (Å²) >= 11 is 0. The zero-order valence-electron chi connectivity index (χ0n) is 12.7. The minimum Gasteiger partial charge on any atom is -0.489 e. The molecular formula is C16H25FN2O. The zero-order valence-corrected chi connectivity index (χ0v) is 12.7. The third-order valence-corrected chi connectivity index (χ3v) is 3.81. The van der Waals surface area contributed by atoms with Crippen LogP contribution in [0.3, 0.4) is 0 Å². The van der Waals surface area contributed by atoms with Crippen molar-refractivity contribution in [2.24, 2.45) is 5.92 Å². The Hall–Kier alpha value is -1.13. The second-order valence-corrected chi connectivity index (χ2v) is 5.98. The lowest BCUT2D eigenvalue weighted by atomic mass is 9.92. The van der Waals surface area contributed by atoms with Crippen LogP contribution in [0.2, 0.25) is 0 Å². The fourth-order valence-corrected chi connectivity index (χ4v) is 2.47. The molecule has 1 aliphatic rings. The summed E-state index contributed by atoms with van der Waals surface area (Å²) in [5, 5.41) is 3.52. The molecule has 2 rings (SSSR count). The van der Waals surface area contributed by atoms with Gasteiger partial charge in [-0.3, -0.25) is 0 Å². The first kappa shape index (κ1) is 15.3. The van der Waals surface area contributed by atoms with Gasteiger partial charge in [-0.05, 0) is 57.1 Å². The van der Waals surface area contributed by atoms with Crippen LogP contribution < -0.4 is 10.1 Å². The Bertz CT molecular complexity index is 428. The number of nitrogens with zero attached hydrogens (tertiary/aromatic N) is 1. The summed E-state index contributed by atoms with van der Waals surface area (Å²) in [6.07, 6.45) is 2.32. The number of hydrogen-bond acceptors (Lipinski definition) is 3. The standard InChI is InChI=1S/C16H25FN2O/c1-12-4-7-15(18-11-12)13-5-6-14(17)16(10-13)20-9-8-19(2)3/h5-6,10,12,15,18H,4,7-9,11H2,1-3H3/t12-,15+/m0/s1. The van der Waals surface area contributed by atoms with Crippen molar-refractivity contribution in [3.8, 4) is 5.75 Å². The van der Waals surface area contributed by atoms with Gasteiger partial charge in [0.25, 0.3) is 0 Å². The highest BCUT2D eigenvalue weighted by Gasteiger charge is 2.20. The van der Waals surface area contributed by atoms with Crippen LogP contribution in [0.1, 0.15) is 31.4 Å². The van der Waals surface area contributed by atoms with E-state index in [9.17, 15) is 4.39 Å². The molecule has 0 bridgehead atoms. The van der Waals surface area contributed by atoms with Gasteiger partial charge in [0, 0.05) is 12.6 Å². The largest absolute Gasteiger partial charge is 0.489 e. The minimum atomic E-state index is -0.281. The summed E-state index contributed by atoms with van der Waals surface area (Å²) < 4.78 is 19.3. The van der Waals surface area contributed by atoms with Gasteiger partial charge in [0.1, 0.15) is 6.61 Å². The Balaban J connectivity index is 2.00. The Morgan fingerprint density at radius 1 is 1.35 bits per heavy atom. The van der Waals surface area contributed by atoms with E-state index in [2.05, 4.69) is 12.2 Å². The van der Waals surface area contributed by atoms with Crippen molar-refractivity contribution in [1.29, 1.82) is 0 Å². The SMILES string of the molecule is C[C@H]1CC[C@H](c2ccc(F)c(OCCN(C)C)c2)NC1. The lowest BCUT2D eigenvalue weighted by Gasteiger charge is -2.28. The number of halogens is 1. The lowest BCUT2D eigenvalue weighted by Crippen LogP contribution is -2.31. The monoisotopic (exact) mass is 280 g/mol. The summed E-state index contributed by atoms with van der Waals surface area (Å²) in [6.45, 7) is 4.56. The number of hydrogen-bond donors (Lipinski definition) is 1. The highest BCUT2D eigenvalue weighted by Crippen LogP contribution is 2.29. The average molecular weight is 280 g/mol. The molecule has 1 fully saturated rings.